The number of carboxylic acid groups (broad SMARTS) is 1. The van der Waals surface area contributed by atoms with Gasteiger partial charge in [-0.3, -0.25) is 4.79 Å². The maximum Gasteiger partial charge on any atom is 0.304 e. The van der Waals surface area contributed by atoms with Crippen LogP contribution in [-0.4, -0.2) is 34.1 Å². The lowest BCUT2D eigenvalue weighted by Gasteiger charge is -2.32. The third-order valence-electron chi connectivity index (χ3n) is 2.55. The SMILES string of the molecule is CC(CO[Si](C)(C)C)C(C(=O)O)[Si](C)(C)C. The fraction of sp³-hybridized carbons (Fsp3) is 0.909. The number of carboxylic acids is 1. The average Bonchev–Trinajstić information content (AvgIpc) is 1.95. The fourth-order valence-electron chi connectivity index (χ4n) is 1.95. The molecule has 0 fully saturated rings. The molecule has 0 aliphatic carbocycles. The number of hydrogen-bond acceptors (Lipinski definition) is 2. The van der Waals surface area contributed by atoms with Crippen LogP contribution in [-0.2, 0) is 9.22 Å². The Labute approximate surface area is 101 Å². The number of hydrogen-bond donors (Lipinski definition) is 1. The van der Waals surface area contributed by atoms with Crippen LogP contribution >= 0.6 is 0 Å². The highest BCUT2D eigenvalue weighted by Gasteiger charge is 2.37. The average molecular weight is 262 g/mol. The van der Waals surface area contributed by atoms with Gasteiger partial charge in [-0.15, -0.1) is 0 Å². The van der Waals surface area contributed by atoms with Crippen LogP contribution in [0.2, 0.25) is 44.8 Å². The maximum atomic E-state index is 11.3. The summed E-state index contributed by atoms with van der Waals surface area (Å²) in [5.74, 6) is -0.554. The first-order chi connectivity index (χ1) is 6.95. The second-order valence-electron chi connectivity index (χ2n) is 6.58. The van der Waals surface area contributed by atoms with Gasteiger partial charge in [0.25, 0.3) is 0 Å². The zero-order valence-corrected chi connectivity index (χ0v) is 13.6. The van der Waals surface area contributed by atoms with E-state index < -0.39 is 22.4 Å². The predicted octanol–water partition coefficient (Wildman–Crippen LogP) is 3.27. The van der Waals surface area contributed by atoms with Crippen molar-refractivity contribution in [3.05, 3.63) is 0 Å². The van der Waals surface area contributed by atoms with Crippen LogP contribution in [0.15, 0.2) is 0 Å². The minimum absolute atomic E-state index is 0.107. The van der Waals surface area contributed by atoms with E-state index in [1.54, 1.807) is 0 Å². The Morgan fingerprint density at radius 2 is 1.62 bits per heavy atom. The van der Waals surface area contributed by atoms with Crippen molar-refractivity contribution in [2.45, 2.75) is 51.7 Å². The first kappa shape index (κ1) is 15.9. The van der Waals surface area contributed by atoms with E-state index in [4.69, 9.17) is 4.43 Å². The highest BCUT2D eigenvalue weighted by Crippen LogP contribution is 2.31. The van der Waals surface area contributed by atoms with Crippen molar-refractivity contribution in [1.82, 2.24) is 0 Å². The van der Waals surface area contributed by atoms with Crippen LogP contribution in [0, 0.1) is 5.92 Å². The van der Waals surface area contributed by atoms with E-state index >= 15 is 0 Å². The van der Waals surface area contributed by atoms with Crippen molar-refractivity contribution in [2.75, 3.05) is 6.61 Å². The van der Waals surface area contributed by atoms with Crippen molar-refractivity contribution >= 4 is 22.4 Å². The topological polar surface area (TPSA) is 46.5 Å². The van der Waals surface area contributed by atoms with E-state index in [0.29, 0.717) is 6.61 Å². The molecule has 2 unspecified atom stereocenters. The summed E-state index contributed by atoms with van der Waals surface area (Å²) in [5, 5.41) is 9.30. The minimum atomic E-state index is -1.67. The highest BCUT2D eigenvalue weighted by atomic mass is 28.4. The molecule has 16 heavy (non-hydrogen) atoms. The van der Waals surface area contributed by atoms with Gasteiger partial charge in [0, 0.05) is 6.61 Å². The van der Waals surface area contributed by atoms with Crippen molar-refractivity contribution < 1.29 is 14.3 Å². The van der Waals surface area contributed by atoms with Gasteiger partial charge in [0.05, 0.1) is 13.6 Å². The molecule has 96 valence electrons. The van der Waals surface area contributed by atoms with E-state index in [9.17, 15) is 9.90 Å². The number of carbonyl (C=O) groups is 1. The van der Waals surface area contributed by atoms with E-state index in [2.05, 4.69) is 39.3 Å². The summed E-state index contributed by atoms with van der Waals surface area (Å²) in [6.45, 7) is 15.3. The van der Waals surface area contributed by atoms with Crippen LogP contribution < -0.4 is 0 Å². The fourth-order valence-corrected chi connectivity index (χ4v) is 5.25. The standard InChI is InChI=1S/C11H26O3Si2/c1-9(8-14-16(5,6)7)10(11(12)13)15(2,3)4/h9-10H,8H2,1-7H3,(H,12,13). The lowest BCUT2D eigenvalue weighted by atomic mass is 10.1. The van der Waals surface area contributed by atoms with E-state index in [1.165, 1.54) is 0 Å². The molecule has 0 saturated heterocycles. The molecule has 0 aromatic rings. The molecule has 0 amide bonds. The summed E-state index contributed by atoms with van der Waals surface area (Å²) < 4.78 is 5.82. The van der Waals surface area contributed by atoms with E-state index in [-0.39, 0.29) is 11.5 Å². The van der Waals surface area contributed by atoms with Crippen molar-refractivity contribution in [3.8, 4) is 0 Å². The lowest BCUT2D eigenvalue weighted by Crippen LogP contribution is -2.40. The Hall–Kier alpha value is -0.136. The van der Waals surface area contributed by atoms with Crippen LogP contribution in [0.25, 0.3) is 0 Å². The summed E-state index contributed by atoms with van der Waals surface area (Å²) in [6, 6.07) is 0. The van der Waals surface area contributed by atoms with Gasteiger partial charge in [-0.2, -0.15) is 0 Å². The molecular weight excluding hydrogens is 236 g/mol. The van der Waals surface area contributed by atoms with E-state index in [1.807, 2.05) is 6.92 Å². The van der Waals surface area contributed by atoms with Gasteiger partial charge >= 0.3 is 5.97 Å². The van der Waals surface area contributed by atoms with Crippen molar-refractivity contribution in [2.24, 2.45) is 5.92 Å². The predicted molar refractivity (Wildman–Crippen MR) is 73.2 cm³/mol. The van der Waals surface area contributed by atoms with Crippen LogP contribution in [0.5, 0.6) is 0 Å². The number of rotatable bonds is 6. The van der Waals surface area contributed by atoms with Gasteiger partial charge in [-0.1, -0.05) is 26.6 Å². The molecule has 0 aromatic carbocycles. The molecule has 0 aromatic heterocycles. The monoisotopic (exact) mass is 262 g/mol. The van der Waals surface area contributed by atoms with E-state index in [0.717, 1.165) is 0 Å². The molecule has 0 rings (SSSR count). The Bertz CT molecular complexity index is 241. The molecule has 0 aliphatic rings. The largest absolute Gasteiger partial charge is 0.481 e. The third kappa shape index (κ3) is 5.81. The van der Waals surface area contributed by atoms with Gasteiger partial charge in [0.1, 0.15) is 0 Å². The molecule has 0 saturated carbocycles. The van der Waals surface area contributed by atoms with Crippen molar-refractivity contribution in [3.63, 3.8) is 0 Å². The smallest absolute Gasteiger partial charge is 0.304 e. The molecular formula is C11H26O3Si2. The zero-order chi connectivity index (χ0) is 13.1. The quantitative estimate of drug-likeness (QED) is 0.747. The van der Waals surface area contributed by atoms with Gasteiger partial charge in [0.15, 0.2) is 8.32 Å². The normalized spacial score (nSPS) is 16.9. The van der Waals surface area contributed by atoms with Gasteiger partial charge in [-0.25, -0.2) is 0 Å². The highest BCUT2D eigenvalue weighted by molar-refractivity contribution is 6.80. The molecule has 0 aliphatic heterocycles. The Morgan fingerprint density at radius 1 is 1.19 bits per heavy atom. The first-order valence-electron chi connectivity index (χ1n) is 5.82. The maximum absolute atomic E-state index is 11.3. The molecule has 0 spiro atoms. The third-order valence-corrected chi connectivity index (χ3v) is 6.26. The second kappa shape index (κ2) is 5.47. The van der Waals surface area contributed by atoms with Gasteiger partial charge in [-0.05, 0) is 25.6 Å². The summed E-state index contributed by atoms with van der Waals surface area (Å²) in [4.78, 5) is 11.3. The van der Waals surface area contributed by atoms with Crippen molar-refractivity contribution in [1.29, 1.82) is 0 Å². The summed E-state index contributed by atoms with van der Waals surface area (Å²) in [7, 11) is -3.21. The van der Waals surface area contributed by atoms with Crippen LogP contribution in [0.1, 0.15) is 6.92 Å². The number of aliphatic carboxylic acids is 1. The van der Waals surface area contributed by atoms with Crippen LogP contribution in [0.4, 0.5) is 0 Å². The van der Waals surface area contributed by atoms with Crippen LogP contribution in [0.3, 0.4) is 0 Å². The summed E-state index contributed by atoms with van der Waals surface area (Å²) in [6.07, 6.45) is 0. The molecule has 0 radical (unpaired) electrons. The zero-order valence-electron chi connectivity index (χ0n) is 11.6. The second-order valence-corrected chi connectivity index (χ2v) is 16.5. The molecule has 0 heterocycles. The van der Waals surface area contributed by atoms with Gasteiger partial charge in [0.2, 0.25) is 0 Å². The Balaban J connectivity index is 4.54. The first-order valence-corrected chi connectivity index (χ1v) is 12.8. The minimum Gasteiger partial charge on any atom is -0.481 e. The molecule has 1 N–H and O–H groups in total. The summed E-state index contributed by atoms with van der Waals surface area (Å²) in [5.41, 5.74) is -0.219. The molecule has 0 bridgehead atoms. The molecule has 5 heteroatoms. The molecule has 3 nitrogen and oxygen atoms in total. The van der Waals surface area contributed by atoms with Gasteiger partial charge < -0.3 is 9.53 Å². The lowest BCUT2D eigenvalue weighted by molar-refractivity contribution is -0.138. The summed E-state index contributed by atoms with van der Waals surface area (Å²) >= 11 is 0. The Morgan fingerprint density at radius 3 is 1.88 bits per heavy atom. The Kier molecular flexibility index (Phi) is 5.42. The molecule has 2 atom stereocenters.